The van der Waals surface area contributed by atoms with Crippen LogP contribution in [0.25, 0.3) is 0 Å². The third kappa shape index (κ3) is 3.96. The molecule has 1 N–H and O–H groups in total. The highest BCUT2D eigenvalue weighted by atomic mass is 15.2. The second kappa shape index (κ2) is 7.34. The summed E-state index contributed by atoms with van der Waals surface area (Å²) >= 11 is 0. The Morgan fingerprint density at radius 1 is 1.39 bits per heavy atom. The van der Waals surface area contributed by atoms with E-state index in [9.17, 15) is 0 Å². The predicted octanol–water partition coefficient (Wildman–Crippen LogP) is 1.58. The summed E-state index contributed by atoms with van der Waals surface area (Å²) in [5.41, 5.74) is 2.55. The van der Waals surface area contributed by atoms with Gasteiger partial charge < -0.3 is 15.1 Å². The van der Waals surface area contributed by atoms with E-state index in [0.29, 0.717) is 6.04 Å². The Labute approximate surface area is 111 Å². The van der Waals surface area contributed by atoms with Gasteiger partial charge in [0.05, 0.1) is 0 Å². The second-order valence-electron chi connectivity index (χ2n) is 4.93. The summed E-state index contributed by atoms with van der Waals surface area (Å²) in [6, 6.07) is 2.60. The lowest BCUT2D eigenvalue weighted by molar-refractivity contribution is 0.372. The van der Waals surface area contributed by atoms with Gasteiger partial charge in [-0.25, -0.2) is 0 Å². The van der Waals surface area contributed by atoms with Gasteiger partial charge in [0.25, 0.3) is 0 Å². The fourth-order valence-corrected chi connectivity index (χ4v) is 2.37. The molecule has 4 nitrogen and oxygen atoms in total. The first-order valence-electron chi connectivity index (χ1n) is 6.59. The quantitative estimate of drug-likeness (QED) is 0.796. The number of pyridine rings is 1. The Morgan fingerprint density at radius 2 is 2.11 bits per heavy atom. The van der Waals surface area contributed by atoms with E-state index in [0.717, 1.165) is 19.6 Å². The average Bonchev–Trinajstić information content (AvgIpc) is 2.31. The number of aromatic nitrogens is 1. The minimum atomic E-state index is 0.489. The van der Waals surface area contributed by atoms with Gasteiger partial charge in [-0.3, -0.25) is 4.98 Å². The molecule has 18 heavy (non-hydrogen) atoms. The van der Waals surface area contributed by atoms with Crippen molar-refractivity contribution in [2.24, 2.45) is 0 Å². The van der Waals surface area contributed by atoms with Gasteiger partial charge in [0, 0.05) is 49.3 Å². The third-order valence-electron chi connectivity index (χ3n) is 3.06. The third-order valence-corrected chi connectivity index (χ3v) is 3.06. The molecule has 0 saturated carbocycles. The van der Waals surface area contributed by atoms with E-state index >= 15 is 0 Å². The molecule has 0 saturated heterocycles. The van der Waals surface area contributed by atoms with Gasteiger partial charge in [0.1, 0.15) is 0 Å². The average molecular weight is 250 g/mol. The maximum Gasteiger partial charge on any atom is 0.0445 e. The van der Waals surface area contributed by atoms with Crippen LogP contribution in [0.4, 0.5) is 5.69 Å². The van der Waals surface area contributed by atoms with Crippen LogP contribution in [0.3, 0.4) is 0 Å². The van der Waals surface area contributed by atoms with Gasteiger partial charge in [0.2, 0.25) is 0 Å². The van der Waals surface area contributed by atoms with E-state index < -0.39 is 0 Å². The number of likely N-dealkylation sites (N-methyl/N-ethyl adjacent to an activating group) is 2. The molecule has 1 heterocycles. The van der Waals surface area contributed by atoms with E-state index in [-0.39, 0.29) is 0 Å². The van der Waals surface area contributed by atoms with Gasteiger partial charge in [-0.1, -0.05) is 0 Å². The van der Waals surface area contributed by atoms with Crippen LogP contribution in [0.2, 0.25) is 0 Å². The lowest BCUT2D eigenvalue weighted by Gasteiger charge is -2.33. The fourth-order valence-electron chi connectivity index (χ4n) is 2.37. The molecule has 0 radical (unpaired) electrons. The Hall–Kier alpha value is -1.13. The number of hydrogen-bond acceptors (Lipinski definition) is 4. The molecule has 1 atom stereocenters. The van der Waals surface area contributed by atoms with Gasteiger partial charge in [-0.15, -0.1) is 0 Å². The standard InChI is InChI=1S/C14H26N4/c1-6-18(12(2)11-17(4)5)14-7-8-16-10-13(14)9-15-3/h7-8,10,12,15H,6,9,11H2,1-5H3. The van der Waals surface area contributed by atoms with Crippen LogP contribution in [0.15, 0.2) is 18.5 Å². The van der Waals surface area contributed by atoms with E-state index in [1.165, 1.54) is 11.3 Å². The summed E-state index contributed by atoms with van der Waals surface area (Å²) in [6.45, 7) is 7.39. The van der Waals surface area contributed by atoms with Crippen molar-refractivity contribution in [1.29, 1.82) is 0 Å². The highest BCUT2D eigenvalue weighted by Gasteiger charge is 2.16. The molecular formula is C14H26N4. The first-order chi connectivity index (χ1) is 8.60. The molecule has 0 aliphatic heterocycles. The van der Waals surface area contributed by atoms with Gasteiger partial charge in [-0.2, -0.15) is 0 Å². The number of hydrogen-bond donors (Lipinski definition) is 1. The van der Waals surface area contributed by atoms with Crippen molar-refractivity contribution in [3.05, 3.63) is 24.0 Å². The lowest BCUT2D eigenvalue weighted by atomic mass is 10.1. The first kappa shape index (κ1) is 14.9. The Kier molecular flexibility index (Phi) is 6.09. The topological polar surface area (TPSA) is 31.4 Å². The minimum Gasteiger partial charge on any atom is -0.367 e. The van der Waals surface area contributed by atoms with Gasteiger partial charge in [0.15, 0.2) is 0 Å². The Morgan fingerprint density at radius 3 is 2.67 bits per heavy atom. The van der Waals surface area contributed by atoms with Crippen molar-refractivity contribution in [2.45, 2.75) is 26.4 Å². The summed E-state index contributed by atoms with van der Waals surface area (Å²) in [5, 5.41) is 3.21. The van der Waals surface area contributed by atoms with Crippen LogP contribution in [0.5, 0.6) is 0 Å². The second-order valence-corrected chi connectivity index (χ2v) is 4.93. The molecule has 0 aliphatic rings. The van der Waals surface area contributed by atoms with Crippen molar-refractivity contribution in [2.75, 3.05) is 39.1 Å². The summed E-state index contributed by atoms with van der Waals surface area (Å²) < 4.78 is 0. The summed E-state index contributed by atoms with van der Waals surface area (Å²) in [6.07, 6.45) is 3.83. The van der Waals surface area contributed by atoms with Crippen LogP contribution in [0, 0.1) is 0 Å². The van der Waals surface area contributed by atoms with E-state index in [1.54, 1.807) is 0 Å². The molecule has 0 aliphatic carbocycles. The number of rotatable bonds is 7. The Bertz CT molecular complexity index is 351. The molecule has 0 bridgehead atoms. The van der Waals surface area contributed by atoms with Crippen LogP contribution >= 0.6 is 0 Å². The van der Waals surface area contributed by atoms with Crippen LogP contribution < -0.4 is 10.2 Å². The van der Waals surface area contributed by atoms with E-state index in [4.69, 9.17) is 0 Å². The first-order valence-corrected chi connectivity index (χ1v) is 6.59. The van der Waals surface area contributed by atoms with E-state index in [2.05, 4.69) is 54.1 Å². The molecule has 4 heteroatoms. The largest absolute Gasteiger partial charge is 0.367 e. The van der Waals surface area contributed by atoms with Crippen LogP contribution in [0.1, 0.15) is 19.4 Å². The molecule has 1 rings (SSSR count). The monoisotopic (exact) mass is 250 g/mol. The molecule has 0 aromatic carbocycles. The minimum absolute atomic E-state index is 0.489. The van der Waals surface area contributed by atoms with Crippen molar-refractivity contribution in [3.63, 3.8) is 0 Å². The van der Waals surface area contributed by atoms with E-state index in [1.807, 2.05) is 19.4 Å². The molecule has 1 aromatic rings. The smallest absolute Gasteiger partial charge is 0.0445 e. The molecule has 0 spiro atoms. The number of nitrogens with one attached hydrogen (secondary N) is 1. The molecule has 0 fully saturated rings. The highest BCUT2D eigenvalue weighted by molar-refractivity contribution is 5.53. The predicted molar refractivity (Wildman–Crippen MR) is 78.0 cm³/mol. The molecule has 102 valence electrons. The SMILES string of the molecule is CCN(c1ccncc1CNC)C(C)CN(C)C. The highest BCUT2D eigenvalue weighted by Crippen LogP contribution is 2.21. The maximum absolute atomic E-state index is 4.22. The van der Waals surface area contributed by atoms with Crippen LogP contribution in [-0.4, -0.2) is 50.2 Å². The van der Waals surface area contributed by atoms with Crippen molar-refractivity contribution in [3.8, 4) is 0 Å². The van der Waals surface area contributed by atoms with Crippen molar-refractivity contribution >= 4 is 5.69 Å². The van der Waals surface area contributed by atoms with Crippen molar-refractivity contribution in [1.82, 2.24) is 15.2 Å². The summed E-state index contributed by atoms with van der Waals surface area (Å²) in [5.74, 6) is 0. The van der Waals surface area contributed by atoms with Gasteiger partial charge in [-0.05, 0) is 41.1 Å². The summed E-state index contributed by atoms with van der Waals surface area (Å²) in [4.78, 5) is 8.89. The summed E-state index contributed by atoms with van der Waals surface area (Å²) in [7, 11) is 6.20. The van der Waals surface area contributed by atoms with Crippen LogP contribution in [-0.2, 0) is 6.54 Å². The molecule has 0 amide bonds. The van der Waals surface area contributed by atoms with Gasteiger partial charge >= 0.3 is 0 Å². The molecular weight excluding hydrogens is 224 g/mol. The fraction of sp³-hybridized carbons (Fsp3) is 0.643. The number of nitrogens with zero attached hydrogens (tertiary/aromatic N) is 3. The Balaban J connectivity index is 2.93. The molecule has 1 aromatic heterocycles. The van der Waals surface area contributed by atoms with Crippen molar-refractivity contribution < 1.29 is 0 Å². The maximum atomic E-state index is 4.22. The number of anilines is 1. The zero-order valence-electron chi connectivity index (χ0n) is 12.3. The zero-order chi connectivity index (χ0) is 13.5. The normalized spacial score (nSPS) is 12.8. The molecule has 1 unspecified atom stereocenters. The lowest BCUT2D eigenvalue weighted by Crippen LogP contribution is -2.40. The zero-order valence-corrected chi connectivity index (χ0v) is 12.3.